The molecular formula is C29H37F3N4O7. The molecule has 2 aliphatic carbocycles. The fourth-order valence-electron chi connectivity index (χ4n) is 6.24. The van der Waals surface area contributed by atoms with Crippen LogP contribution in [0.1, 0.15) is 85.0 Å². The number of fused-ring (bicyclic) bond motifs is 1. The summed E-state index contributed by atoms with van der Waals surface area (Å²) in [4.78, 5) is 25.1. The van der Waals surface area contributed by atoms with Gasteiger partial charge in [0.05, 0.1) is 34.7 Å². The second-order valence-corrected chi connectivity index (χ2v) is 12.6. The van der Waals surface area contributed by atoms with Gasteiger partial charge in [-0.3, -0.25) is 9.59 Å². The van der Waals surface area contributed by atoms with Crippen molar-refractivity contribution in [2.24, 2.45) is 11.1 Å². The number of nitrogens with two attached hydrogens (primary N) is 1. The number of aromatic nitrogens is 2. The number of halogens is 3. The van der Waals surface area contributed by atoms with Gasteiger partial charge in [-0.2, -0.15) is 18.3 Å². The third-order valence-corrected chi connectivity index (χ3v) is 8.50. The Bertz CT molecular complexity index is 1390. The summed E-state index contributed by atoms with van der Waals surface area (Å²) in [5, 5.41) is 37.4. The highest BCUT2D eigenvalue weighted by atomic mass is 19.4. The quantitative estimate of drug-likeness (QED) is 0.330. The van der Waals surface area contributed by atoms with E-state index < -0.39 is 65.2 Å². The van der Waals surface area contributed by atoms with Gasteiger partial charge in [0, 0.05) is 18.2 Å². The van der Waals surface area contributed by atoms with Crippen molar-refractivity contribution in [3.8, 4) is 5.69 Å². The number of carbonyl (C=O) groups excluding carboxylic acids is 2. The maximum Gasteiger partial charge on any atom is 0.435 e. The van der Waals surface area contributed by atoms with Crippen molar-refractivity contribution in [2.45, 2.75) is 108 Å². The molecule has 1 saturated heterocycles. The van der Waals surface area contributed by atoms with E-state index in [-0.39, 0.29) is 41.9 Å². The van der Waals surface area contributed by atoms with Crippen LogP contribution in [0.3, 0.4) is 0 Å². The Morgan fingerprint density at radius 3 is 2.42 bits per heavy atom. The minimum atomic E-state index is -4.82. The lowest BCUT2D eigenvalue weighted by atomic mass is 9.75. The first-order chi connectivity index (χ1) is 20.1. The Kier molecular flexibility index (Phi) is 8.37. The molecule has 0 radical (unpaired) electrons. The van der Waals surface area contributed by atoms with Crippen LogP contribution in [0.2, 0.25) is 0 Å². The van der Waals surface area contributed by atoms with Crippen LogP contribution in [0.4, 0.5) is 18.9 Å². The van der Waals surface area contributed by atoms with E-state index in [4.69, 9.17) is 15.2 Å². The molecule has 1 amide bonds. The number of primary amides is 1. The van der Waals surface area contributed by atoms with Crippen molar-refractivity contribution in [1.29, 1.82) is 0 Å². The van der Waals surface area contributed by atoms with Gasteiger partial charge in [-0.15, -0.1) is 0 Å². The van der Waals surface area contributed by atoms with Crippen molar-refractivity contribution in [2.75, 3.05) is 5.32 Å². The smallest absolute Gasteiger partial charge is 0.388 e. The standard InChI is InChI=1S/C29H37F3N4O7/c1-13-22(38)23(39)24(40)27(42-13)43-16-7-4-14(5-8-16)34-18-10-15(6-9-17(18)26(33)41)36-19-11-28(2,3)12-20(37)21(19)25(35-36)29(30,31)32/h6,9-10,13-14,16,22-24,27,34,38-40H,4-5,7-8,11-12H2,1-3H3,(H2,33,41)/t13-,14?,16?,22+,23+,24-,27-/m0/s1. The number of nitrogens with zero attached hydrogens (tertiary/aromatic N) is 2. The molecule has 0 spiro atoms. The van der Waals surface area contributed by atoms with Gasteiger partial charge in [-0.1, -0.05) is 13.8 Å². The molecular weight excluding hydrogens is 573 g/mol. The van der Waals surface area contributed by atoms with E-state index in [2.05, 4.69) is 10.4 Å². The number of alkyl halides is 3. The minimum absolute atomic E-state index is 0.0258. The number of Topliss-reactive ketones (excluding diaryl/α,β-unsaturated/α-hetero) is 1. The van der Waals surface area contributed by atoms with Crippen LogP contribution in [0.15, 0.2) is 18.2 Å². The fraction of sp³-hybridized carbons (Fsp3) is 0.621. The average molecular weight is 611 g/mol. The molecule has 3 aliphatic rings. The molecule has 14 heteroatoms. The molecule has 11 nitrogen and oxygen atoms in total. The molecule has 2 fully saturated rings. The van der Waals surface area contributed by atoms with Crippen LogP contribution >= 0.6 is 0 Å². The number of anilines is 1. The minimum Gasteiger partial charge on any atom is -0.388 e. The Morgan fingerprint density at radius 1 is 1.12 bits per heavy atom. The number of aliphatic hydroxyl groups is 3. The highest BCUT2D eigenvalue weighted by molar-refractivity contribution is 6.00. The van der Waals surface area contributed by atoms with Crippen molar-refractivity contribution in [1.82, 2.24) is 9.78 Å². The molecule has 0 unspecified atom stereocenters. The maximum atomic E-state index is 13.9. The zero-order chi connectivity index (χ0) is 31.4. The number of nitrogens with one attached hydrogen (secondary N) is 1. The summed E-state index contributed by atoms with van der Waals surface area (Å²) >= 11 is 0. The summed E-state index contributed by atoms with van der Waals surface area (Å²) in [7, 11) is 0. The van der Waals surface area contributed by atoms with Crippen molar-refractivity contribution in [3.63, 3.8) is 0 Å². The Balaban J connectivity index is 1.36. The first-order valence-corrected chi connectivity index (χ1v) is 14.3. The van der Waals surface area contributed by atoms with Crippen LogP contribution in [0.25, 0.3) is 5.69 Å². The lowest BCUT2D eigenvalue weighted by molar-refractivity contribution is -0.305. The first-order valence-electron chi connectivity index (χ1n) is 14.3. The zero-order valence-corrected chi connectivity index (χ0v) is 24.1. The third kappa shape index (κ3) is 6.29. The van der Waals surface area contributed by atoms with Gasteiger partial charge in [0.1, 0.15) is 18.3 Å². The largest absolute Gasteiger partial charge is 0.435 e. The zero-order valence-electron chi connectivity index (χ0n) is 24.1. The number of carbonyl (C=O) groups is 2. The van der Waals surface area contributed by atoms with Crippen LogP contribution in [-0.2, 0) is 22.1 Å². The molecule has 5 atom stereocenters. The molecule has 1 aromatic heterocycles. The summed E-state index contributed by atoms with van der Waals surface area (Å²) in [6.45, 7) is 5.20. The molecule has 5 rings (SSSR count). The monoisotopic (exact) mass is 610 g/mol. The number of hydrogen-bond acceptors (Lipinski definition) is 9. The van der Waals surface area contributed by atoms with Crippen molar-refractivity contribution >= 4 is 17.4 Å². The van der Waals surface area contributed by atoms with Crippen molar-refractivity contribution in [3.05, 3.63) is 40.7 Å². The van der Waals surface area contributed by atoms with Gasteiger partial charge in [0.15, 0.2) is 17.8 Å². The van der Waals surface area contributed by atoms with Crippen LogP contribution in [-0.4, -0.2) is 79.6 Å². The number of benzene rings is 1. The summed E-state index contributed by atoms with van der Waals surface area (Å²) in [5.41, 5.74) is 4.31. The van der Waals surface area contributed by atoms with Gasteiger partial charge >= 0.3 is 6.18 Å². The Hall–Kier alpha value is -3.04. The predicted octanol–water partition coefficient (Wildman–Crippen LogP) is 2.71. The summed E-state index contributed by atoms with van der Waals surface area (Å²) in [6, 6.07) is 4.25. The Labute approximate surface area is 246 Å². The molecule has 0 bridgehead atoms. The number of amides is 1. The van der Waals surface area contributed by atoms with E-state index in [9.17, 15) is 38.1 Å². The molecule has 1 aliphatic heterocycles. The van der Waals surface area contributed by atoms with Gasteiger partial charge in [0.25, 0.3) is 5.91 Å². The van der Waals surface area contributed by atoms with E-state index in [0.717, 1.165) is 4.68 Å². The lowest BCUT2D eigenvalue weighted by Crippen LogP contribution is -2.58. The lowest BCUT2D eigenvalue weighted by Gasteiger charge is -2.41. The summed E-state index contributed by atoms with van der Waals surface area (Å²) < 4.78 is 54.4. The molecule has 2 aromatic rings. The third-order valence-electron chi connectivity index (χ3n) is 8.50. The van der Waals surface area contributed by atoms with E-state index in [1.807, 2.05) is 13.8 Å². The fourth-order valence-corrected chi connectivity index (χ4v) is 6.24. The molecule has 6 N–H and O–H groups in total. The second kappa shape index (κ2) is 11.5. The van der Waals surface area contributed by atoms with Crippen molar-refractivity contribution < 1.29 is 47.6 Å². The van der Waals surface area contributed by atoms with Gasteiger partial charge < -0.3 is 35.8 Å². The summed E-state index contributed by atoms with van der Waals surface area (Å²) in [6.07, 6.45) is -8.56. The van der Waals surface area contributed by atoms with Gasteiger partial charge in [-0.25, -0.2) is 4.68 Å². The SMILES string of the molecule is C[C@@H]1O[C@@H](OC2CCC(Nc3cc(-n4nc(C(F)(F)F)c5c4CC(C)(C)CC5=O)ccc3C(N)=O)CC2)[C@@H](O)[C@H](O)[C@@H]1O. The number of hydrogen-bond donors (Lipinski definition) is 5. The molecule has 2 heterocycles. The molecule has 236 valence electrons. The average Bonchev–Trinajstić information content (AvgIpc) is 3.31. The molecule has 1 saturated carbocycles. The molecule has 1 aromatic carbocycles. The van der Waals surface area contributed by atoms with Crippen LogP contribution in [0, 0.1) is 5.41 Å². The van der Waals surface area contributed by atoms with Crippen LogP contribution < -0.4 is 11.1 Å². The highest BCUT2D eigenvalue weighted by Crippen LogP contribution is 2.42. The van der Waals surface area contributed by atoms with E-state index in [0.29, 0.717) is 31.4 Å². The van der Waals surface area contributed by atoms with E-state index in [1.54, 1.807) is 6.92 Å². The predicted molar refractivity (Wildman–Crippen MR) is 147 cm³/mol. The Morgan fingerprint density at radius 2 is 1.79 bits per heavy atom. The van der Waals surface area contributed by atoms with E-state index >= 15 is 0 Å². The first kappa shape index (κ1) is 31.4. The van der Waals surface area contributed by atoms with E-state index in [1.165, 1.54) is 18.2 Å². The maximum absolute atomic E-state index is 13.9. The van der Waals surface area contributed by atoms with Gasteiger partial charge in [0.2, 0.25) is 0 Å². The normalized spacial score (nSPS) is 31.0. The second-order valence-electron chi connectivity index (χ2n) is 12.6. The number of aliphatic hydroxyl groups excluding tert-OH is 3. The van der Waals surface area contributed by atoms with Gasteiger partial charge in [-0.05, 0) is 62.6 Å². The highest BCUT2D eigenvalue weighted by Gasteiger charge is 2.46. The molecule has 43 heavy (non-hydrogen) atoms. The number of rotatable bonds is 6. The topological polar surface area (TPSA) is 169 Å². The number of ether oxygens (including phenoxy) is 2. The summed E-state index contributed by atoms with van der Waals surface area (Å²) in [5.74, 6) is -1.33. The van der Waals surface area contributed by atoms with Crippen LogP contribution in [0.5, 0.6) is 0 Å². The number of ketones is 1.